The number of rotatable bonds is 7. The Kier molecular flexibility index (Phi) is 6.13. The Bertz CT molecular complexity index is 1150. The third kappa shape index (κ3) is 4.24. The summed E-state index contributed by atoms with van der Waals surface area (Å²) in [5, 5.41) is 0.669. The van der Waals surface area contributed by atoms with Gasteiger partial charge in [-0.15, -0.1) is 11.3 Å². The third-order valence-electron chi connectivity index (χ3n) is 5.44. The highest BCUT2D eigenvalue weighted by Crippen LogP contribution is 2.23. The molecule has 0 aliphatic heterocycles. The Morgan fingerprint density at radius 2 is 2.03 bits per heavy atom. The SMILES string of the molecule is CCCCc1nc2cccc(C)c2c(=O)n1Cc1ccc(C(=O)OC2CC=CC2)s1. The van der Waals surface area contributed by atoms with E-state index in [1.807, 2.05) is 43.3 Å². The van der Waals surface area contributed by atoms with Gasteiger partial charge in [-0.3, -0.25) is 9.36 Å². The fourth-order valence-corrected chi connectivity index (χ4v) is 4.67. The van der Waals surface area contributed by atoms with Crippen LogP contribution < -0.4 is 5.56 Å². The van der Waals surface area contributed by atoms with E-state index in [2.05, 4.69) is 6.92 Å². The summed E-state index contributed by atoms with van der Waals surface area (Å²) in [6.07, 6.45) is 8.34. The number of ether oxygens (including phenoxy) is 1. The molecule has 0 atom stereocenters. The van der Waals surface area contributed by atoms with Gasteiger partial charge in [0.15, 0.2) is 0 Å². The monoisotopic (exact) mass is 422 g/mol. The zero-order valence-corrected chi connectivity index (χ0v) is 18.2. The molecule has 30 heavy (non-hydrogen) atoms. The highest BCUT2D eigenvalue weighted by molar-refractivity contribution is 7.13. The Labute approximate surface area is 180 Å². The van der Waals surface area contributed by atoms with Gasteiger partial charge in [0.05, 0.1) is 17.4 Å². The van der Waals surface area contributed by atoms with Crippen LogP contribution in [0, 0.1) is 6.92 Å². The maximum atomic E-state index is 13.3. The van der Waals surface area contributed by atoms with Crippen molar-refractivity contribution in [2.75, 3.05) is 0 Å². The van der Waals surface area contributed by atoms with Crippen molar-refractivity contribution in [2.45, 2.75) is 58.6 Å². The summed E-state index contributed by atoms with van der Waals surface area (Å²) in [6.45, 7) is 4.49. The van der Waals surface area contributed by atoms with Crippen LogP contribution in [0.3, 0.4) is 0 Å². The number of benzene rings is 1. The highest BCUT2D eigenvalue weighted by atomic mass is 32.1. The molecule has 0 fully saturated rings. The van der Waals surface area contributed by atoms with Gasteiger partial charge in [-0.1, -0.05) is 37.6 Å². The maximum Gasteiger partial charge on any atom is 0.348 e. The van der Waals surface area contributed by atoms with Crippen molar-refractivity contribution >= 4 is 28.2 Å². The molecule has 4 rings (SSSR count). The lowest BCUT2D eigenvalue weighted by Crippen LogP contribution is -2.26. The van der Waals surface area contributed by atoms with Gasteiger partial charge in [0.25, 0.3) is 5.56 Å². The molecule has 1 aliphatic rings. The minimum absolute atomic E-state index is 0.0150. The van der Waals surface area contributed by atoms with Crippen molar-refractivity contribution < 1.29 is 9.53 Å². The van der Waals surface area contributed by atoms with E-state index in [-0.39, 0.29) is 17.6 Å². The van der Waals surface area contributed by atoms with E-state index in [0.717, 1.165) is 53.9 Å². The molecule has 0 bridgehead atoms. The summed E-state index contributed by atoms with van der Waals surface area (Å²) in [7, 11) is 0. The van der Waals surface area contributed by atoms with E-state index < -0.39 is 0 Å². The largest absolute Gasteiger partial charge is 0.458 e. The number of esters is 1. The highest BCUT2D eigenvalue weighted by Gasteiger charge is 2.19. The zero-order chi connectivity index (χ0) is 21.1. The fraction of sp³-hybridized carbons (Fsp3) is 0.375. The minimum Gasteiger partial charge on any atom is -0.458 e. The van der Waals surface area contributed by atoms with Crippen LogP contribution >= 0.6 is 11.3 Å². The average Bonchev–Trinajstić information content (AvgIpc) is 3.41. The molecule has 3 aromatic rings. The van der Waals surface area contributed by atoms with Crippen molar-refractivity contribution in [1.82, 2.24) is 9.55 Å². The van der Waals surface area contributed by atoms with Crippen LogP contribution in [-0.4, -0.2) is 21.6 Å². The molecule has 1 aliphatic carbocycles. The quantitative estimate of drug-likeness (QED) is 0.396. The first-order valence-electron chi connectivity index (χ1n) is 10.5. The summed E-state index contributed by atoms with van der Waals surface area (Å²) in [4.78, 5) is 32.1. The Hall–Kier alpha value is -2.73. The van der Waals surface area contributed by atoms with Crippen LogP contribution in [0.5, 0.6) is 0 Å². The summed E-state index contributed by atoms with van der Waals surface area (Å²) in [6, 6.07) is 9.49. The molecule has 6 heteroatoms. The molecule has 0 N–H and O–H groups in total. The molecule has 0 spiro atoms. The summed E-state index contributed by atoms with van der Waals surface area (Å²) in [5.41, 5.74) is 1.67. The Morgan fingerprint density at radius 3 is 2.80 bits per heavy atom. The lowest BCUT2D eigenvalue weighted by atomic mass is 10.1. The first-order valence-corrected chi connectivity index (χ1v) is 11.3. The van der Waals surface area contributed by atoms with Crippen LogP contribution in [0.1, 0.15) is 58.5 Å². The molecule has 5 nitrogen and oxygen atoms in total. The zero-order valence-electron chi connectivity index (χ0n) is 17.4. The van der Waals surface area contributed by atoms with Crippen LogP contribution in [0.25, 0.3) is 10.9 Å². The van der Waals surface area contributed by atoms with E-state index in [1.54, 1.807) is 10.6 Å². The number of hydrogen-bond donors (Lipinski definition) is 0. The van der Waals surface area contributed by atoms with Gasteiger partial charge in [0, 0.05) is 24.1 Å². The number of carbonyl (C=O) groups excluding carboxylic acids is 1. The Morgan fingerprint density at radius 1 is 1.23 bits per heavy atom. The molecule has 0 saturated carbocycles. The van der Waals surface area contributed by atoms with E-state index in [9.17, 15) is 9.59 Å². The first-order chi connectivity index (χ1) is 14.6. The van der Waals surface area contributed by atoms with E-state index in [0.29, 0.717) is 16.8 Å². The van der Waals surface area contributed by atoms with Gasteiger partial charge in [-0.05, 0) is 37.1 Å². The summed E-state index contributed by atoms with van der Waals surface area (Å²) >= 11 is 1.39. The molecular weight excluding hydrogens is 396 g/mol. The molecule has 0 unspecified atom stereocenters. The topological polar surface area (TPSA) is 61.2 Å². The number of fused-ring (bicyclic) bond motifs is 1. The van der Waals surface area contributed by atoms with Crippen LogP contribution in [-0.2, 0) is 17.7 Å². The molecule has 0 radical (unpaired) electrons. The van der Waals surface area contributed by atoms with Crippen molar-refractivity contribution in [3.05, 3.63) is 74.0 Å². The average molecular weight is 423 g/mol. The van der Waals surface area contributed by atoms with Gasteiger partial charge >= 0.3 is 5.97 Å². The summed E-state index contributed by atoms with van der Waals surface area (Å²) < 4.78 is 7.33. The van der Waals surface area contributed by atoms with Gasteiger partial charge < -0.3 is 4.74 Å². The third-order valence-corrected chi connectivity index (χ3v) is 6.49. The second-order valence-electron chi connectivity index (χ2n) is 7.73. The van der Waals surface area contributed by atoms with Gasteiger partial charge in [0.2, 0.25) is 0 Å². The van der Waals surface area contributed by atoms with Crippen LogP contribution in [0.15, 0.2) is 47.3 Å². The number of carbonyl (C=O) groups is 1. The minimum atomic E-state index is -0.286. The normalized spacial score (nSPS) is 13.9. The smallest absolute Gasteiger partial charge is 0.348 e. The van der Waals surface area contributed by atoms with Crippen molar-refractivity contribution in [1.29, 1.82) is 0 Å². The number of hydrogen-bond acceptors (Lipinski definition) is 5. The summed E-state index contributed by atoms with van der Waals surface area (Å²) in [5.74, 6) is 0.514. The lowest BCUT2D eigenvalue weighted by Gasteiger charge is -2.13. The van der Waals surface area contributed by atoms with E-state index in [1.165, 1.54) is 11.3 Å². The number of aromatic nitrogens is 2. The second-order valence-corrected chi connectivity index (χ2v) is 8.90. The number of aryl methyl sites for hydroxylation is 2. The molecular formula is C24H26N2O3S. The maximum absolute atomic E-state index is 13.3. The number of unbranched alkanes of at least 4 members (excludes halogenated alkanes) is 1. The van der Waals surface area contributed by atoms with Crippen molar-refractivity contribution in [2.24, 2.45) is 0 Å². The molecule has 2 heterocycles. The molecule has 1 aromatic carbocycles. The van der Waals surface area contributed by atoms with Gasteiger partial charge in [-0.2, -0.15) is 0 Å². The predicted octanol–water partition coefficient (Wildman–Crippen LogP) is 5.03. The molecule has 2 aromatic heterocycles. The first kappa shape index (κ1) is 20.5. The van der Waals surface area contributed by atoms with E-state index in [4.69, 9.17) is 9.72 Å². The van der Waals surface area contributed by atoms with Gasteiger partial charge in [-0.25, -0.2) is 9.78 Å². The molecule has 156 valence electrons. The van der Waals surface area contributed by atoms with Crippen molar-refractivity contribution in [3.63, 3.8) is 0 Å². The molecule has 0 saturated heterocycles. The number of thiophene rings is 1. The Balaban J connectivity index is 1.63. The van der Waals surface area contributed by atoms with E-state index >= 15 is 0 Å². The van der Waals surface area contributed by atoms with Gasteiger partial charge in [0.1, 0.15) is 16.8 Å². The predicted molar refractivity (Wildman–Crippen MR) is 120 cm³/mol. The van der Waals surface area contributed by atoms with Crippen LogP contribution in [0.2, 0.25) is 0 Å². The number of nitrogens with zero attached hydrogens (tertiary/aromatic N) is 2. The van der Waals surface area contributed by atoms with Crippen LogP contribution in [0.4, 0.5) is 0 Å². The standard InChI is InChI=1S/C24H26N2O3S/c1-3-4-12-21-25-19-11-7-8-16(2)22(19)23(27)26(21)15-18-13-14-20(30-18)24(28)29-17-9-5-6-10-17/h5-8,11,13-14,17H,3-4,9-10,12,15H2,1-2H3. The second kappa shape index (κ2) is 8.96. The molecule has 0 amide bonds. The lowest BCUT2D eigenvalue weighted by molar-refractivity contribution is 0.0336. The van der Waals surface area contributed by atoms with Crippen molar-refractivity contribution in [3.8, 4) is 0 Å². The fourth-order valence-electron chi connectivity index (χ4n) is 3.79.